The van der Waals surface area contributed by atoms with Crippen LogP contribution in [0.5, 0.6) is 0 Å². The summed E-state index contributed by atoms with van der Waals surface area (Å²) in [6, 6.07) is 17.0. The van der Waals surface area contributed by atoms with E-state index in [1.807, 2.05) is 49.4 Å². The number of halogens is 1. The molecular weight excluding hydrogens is 378 g/mol. The zero-order valence-corrected chi connectivity index (χ0v) is 17.2. The van der Waals surface area contributed by atoms with Crippen molar-refractivity contribution in [2.45, 2.75) is 54.8 Å². The van der Waals surface area contributed by atoms with Crippen LogP contribution in [-0.4, -0.2) is 24.1 Å². The number of sulfonamides is 1. The Bertz CT molecular complexity index is 898. The highest BCUT2D eigenvalue weighted by Crippen LogP contribution is 2.53. The number of rotatable bonds is 3. The van der Waals surface area contributed by atoms with Gasteiger partial charge in [0.2, 0.25) is 10.0 Å². The summed E-state index contributed by atoms with van der Waals surface area (Å²) < 4.78 is 28.8. The van der Waals surface area contributed by atoms with Crippen LogP contribution in [-0.2, 0) is 10.0 Å². The molecule has 27 heavy (non-hydrogen) atoms. The molecule has 3 nitrogen and oxygen atoms in total. The number of aryl methyl sites for hydroxylation is 1. The van der Waals surface area contributed by atoms with Gasteiger partial charge in [0.05, 0.1) is 15.8 Å². The van der Waals surface area contributed by atoms with Gasteiger partial charge in [-0.2, -0.15) is 4.31 Å². The van der Waals surface area contributed by atoms with E-state index in [4.69, 9.17) is 11.6 Å². The molecule has 0 unspecified atom stereocenters. The SMILES string of the molecule is Cc1ccc(S(=O)(=O)N2CC[C@@]3(Cl)CCCC[C@@H]3[C@@H]2c2ccccc2)cc1. The van der Waals surface area contributed by atoms with E-state index >= 15 is 0 Å². The second-order valence-corrected chi connectivity index (χ2v) is 10.6. The molecule has 5 heteroatoms. The van der Waals surface area contributed by atoms with Crippen molar-refractivity contribution in [3.8, 4) is 0 Å². The quantitative estimate of drug-likeness (QED) is 0.652. The predicted molar refractivity (Wildman–Crippen MR) is 109 cm³/mol. The van der Waals surface area contributed by atoms with Gasteiger partial charge in [0, 0.05) is 6.54 Å². The van der Waals surface area contributed by atoms with Crippen LogP contribution < -0.4 is 0 Å². The number of piperidine rings is 1. The van der Waals surface area contributed by atoms with Gasteiger partial charge in [0.25, 0.3) is 0 Å². The van der Waals surface area contributed by atoms with Crippen molar-refractivity contribution < 1.29 is 8.42 Å². The van der Waals surface area contributed by atoms with E-state index in [2.05, 4.69) is 0 Å². The molecule has 0 amide bonds. The molecule has 1 saturated heterocycles. The second-order valence-electron chi connectivity index (χ2n) is 7.92. The Hall–Kier alpha value is -1.36. The molecule has 0 radical (unpaired) electrons. The zero-order valence-electron chi connectivity index (χ0n) is 15.6. The van der Waals surface area contributed by atoms with E-state index in [1.165, 1.54) is 0 Å². The molecule has 1 saturated carbocycles. The summed E-state index contributed by atoms with van der Waals surface area (Å²) in [6.45, 7) is 2.43. The molecule has 0 bridgehead atoms. The van der Waals surface area contributed by atoms with Gasteiger partial charge in [-0.05, 0) is 49.8 Å². The molecule has 2 aliphatic rings. The first-order chi connectivity index (χ1) is 12.9. The first-order valence-corrected chi connectivity index (χ1v) is 11.6. The smallest absolute Gasteiger partial charge is 0.207 e. The van der Waals surface area contributed by atoms with Gasteiger partial charge in [-0.25, -0.2) is 8.42 Å². The van der Waals surface area contributed by atoms with Crippen LogP contribution >= 0.6 is 11.6 Å². The normalized spacial score (nSPS) is 29.3. The van der Waals surface area contributed by atoms with Crippen LogP contribution in [0.2, 0.25) is 0 Å². The van der Waals surface area contributed by atoms with Crippen LogP contribution in [0.15, 0.2) is 59.5 Å². The van der Waals surface area contributed by atoms with Gasteiger partial charge >= 0.3 is 0 Å². The van der Waals surface area contributed by atoms with E-state index in [9.17, 15) is 8.42 Å². The molecule has 3 atom stereocenters. The van der Waals surface area contributed by atoms with Crippen molar-refractivity contribution in [3.63, 3.8) is 0 Å². The summed E-state index contributed by atoms with van der Waals surface area (Å²) in [5.41, 5.74) is 2.10. The third-order valence-corrected chi connectivity index (χ3v) is 8.78. The standard InChI is InChI=1S/C22H26ClNO2S/c1-17-10-12-19(13-11-17)27(25,26)24-16-15-22(23)14-6-5-9-20(22)21(24)18-7-3-2-4-8-18/h2-4,7-8,10-13,20-21H,5-6,9,14-16H2,1H3/t20-,21+,22+/m1/s1. The zero-order chi connectivity index (χ0) is 19.1. The lowest BCUT2D eigenvalue weighted by molar-refractivity contribution is 0.0933. The Morgan fingerprint density at radius 3 is 2.41 bits per heavy atom. The fraction of sp³-hybridized carbons (Fsp3) is 0.455. The highest BCUT2D eigenvalue weighted by molar-refractivity contribution is 7.89. The molecule has 1 aliphatic carbocycles. The second kappa shape index (κ2) is 7.23. The Balaban J connectivity index is 1.80. The molecule has 0 aromatic heterocycles. The fourth-order valence-electron chi connectivity index (χ4n) is 4.78. The third-order valence-electron chi connectivity index (χ3n) is 6.23. The van der Waals surface area contributed by atoms with Crippen molar-refractivity contribution in [2.75, 3.05) is 6.54 Å². The summed E-state index contributed by atoms with van der Waals surface area (Å²) in [5.74, 6) is 0.143. The topological polar surface area (TPSA) is 37.4 Å². The maximum absolute atomic E-state index is 13.5. The van der Waals surface area contributed by atoms with Gasteiger partial charge in [0.1, 0.15) is 0 Å². The number of alkyl halides is 1. The molecule has 144 valence electrons. The van der Waals surface area contributed by atoms with E-state index in [0.29, 0.717) is 17.9 Å². The highest BCUT2D eigenvalue weighted by Gasteiger charge is 2.51. The van der Waals surface area contributed by atoms with Gasteiger partial charge in [-0.1, -0.05) is 60.9 Å². The minimum Gasteiger partial charge on any atom is -0.207 e. The highest BCUT2D eigenvalue weighted by atomic mass is 35.5. The minimum atomic E-state index is -3.58. The summed E-state index contributed by atoms with van der Waals surface area (Å²) in [4.78, 5) is 0.0739. The minimum absolute atomic E-state index is 0.143. The molecule has 1 heterocycles. The van der Waals surface area contributed by atoms with E-state index in [1.54, 1.807) is 16.4 Å². The average molecular weight is 404 g/mol. The fourth-order valence-corrected chi connectivity index (χ4v) is 6.88. The maximum Gasteiger partial charge on any atom is 0.243 e. The van der Waals surface area contributed by atoms with E-state index in [0.717, 1.165) is 36.8 Å². The maximum atomic E-state index is 13.5. The molecule has 4 rings (SSSR count). The lowest BCUT2D eigenvalue weighted by Gasteiger charge is -2.51. The monoisotopic (exact) mass is 403 g/mol. The van der Waals surface area contributed by atoms with Gasteiger partial charge in [-0.3, -0.25) is 0 Å². The molecule has 0 spiro atoms. The van der Waals surface area contributed by atoms with Crippen molar-refractivity contribution in [1.82, 2.24) is 4.31 Å². The molecule has 1 aliphatic heterocycles. The lowest BCUT2D eigenvalue weighted by atomic mass is 9.69. The number of hydrogen-bond acceptors (Lipinski definition) is 2. The molecule has 2 fully saturated rings. The Kier molecular flexibility index (Phi) is 5.08. The van der Waals surface area contributed by atoms with Crippen LogP contribution in [0, 0.1) is 12.8 Å². The van der Waals surface area contributed by atoms with Crippen molar-refractivity contribution in [3.05, 3.63) is 65.7 Å². The number of hydrogen-bond donors (Lipinski definition) is 0. The Labute approximate surface area is 167 Å². The van der Waals surface area contributed by atoms with Crippen molar-refractivity contribution in [2.24, 2.45) is 5.92 Å². The van der Waals surface area contributed by atoms with Gasteiger partial charge in [0.15, 0.2) is 0 Å². The van der Waals surface area contributed by atoms with Crippen LogP contribution in [0.3, 0.4) is 0 Å². The summed E-state index contributed by atoms with van der Waals surface area (Å²) in [7, 11) is -3.58. The van der Waals surface area contributed by atoms with Crippen molar-refractivity contribution >= 4 is 21.6 Å². The molecule has 2 aromatic rings. The van der Waals surface area contributed by atoms with Crippen molar-refractivity contribution in [1.29, 1.82) is 0 Å². The van der Waals surface area contributed by atoms with Crippen LogP contribution in [0.1, 0.15) is 49.3 Å². The lowest BCUT2D eigenvalue weighted by Crippen LogP contribution is -2.53. The van der Waals surface area contributed by atoms with E-state index in [-0.39, 0.29) is 16.8 Å². The number of nitrogens with zero attached hydrogens (tertiary/aromatic N) is 1. The third kappa shape index (κ3) is 3.43. The molecule has 0 N–H and O–H groups in total. The Morgan fingerprint density at radius 1 is 1.00 bits per heavy atom. The summed E-state index contributed by atoms with van der Waals surface area (Å²) >= 11 is 7.08. The summed E-state index contributed by atoms with van der Waals surface area (Å²) in [6.07, 6.45) is 4.91. The number of benzene rings is 2. The van der Waals surface area contributed by atoms with Gasteiger partial charge < -0.3 is 0 Å². The summed E-state index contributed by atoms with van der Waals surface area (Å²) in [5, 5.41) is 0. The number of fused-ring (bicyclic) bond motifs is 1. The van der Waals surface area contributed by atoms with E-state index < -0.39 is 10.0 Å². The predicted octanol–water partition coefficient (Wildman–Crippen LogP) is 5.30. The first kappa shape index (κ1) is 19.0. The first-order valence-electron chi connectivity index (χ1n) is 9.74. The molecular formula is C22H26ClNO2S. The average Bonchev–Trinajstić information content (AvgIpc) is 2.67. The largest absolute Gasteiger partial charge is 0.243 e. The van der Waals surface area contributed by atoms with Gasteiger partial charge in [-0.15, -0.1) is 11.6 Å². The molecule has 2 aromatic carbocycles. The van der Waals surface area contributed by atoms with Crippen LogP contribution in [0.25, 0.3) is 0 Å². The van der Waals surface area contributed by atoms with Crippen LogP contribution in [0.4, 0.5) is 0 Å². The Morgan fingerprint density at radius 2 is 1.70 bits per heavy atom.